The number of hydrogen-bond acceptors (Lipinski definition) is 4. The average Bonchev–Trinajstić information content (AvgIpc) is 2.70. The normalized spacial score (nSPS) is 13.3. The van der Waals surface area contributed by atoms with Crippen LogP contribution in [-0.4, -0.2) is 20.3 Å². The molecular formula is C11H19NO2S. The van der Waals surface area contributed by atoms with Gasteiger partial charge in [-0.3, -0.25) is 4.84 Å². The van der Waals surface area contributed by atoms with Crippen LogP contribution in [0.4, 0.5) is 0 Å². The fourth-order valence-corrected chi connectivity index (χ4v) is 2.20. The minimum Gasteiger partial charge on any atom is -0.382 e. The van der Waals surface area contributed by atoms with Crippen molar-refractivity contribution in [3.05, 3.63) is 22.4 Å². The van der Waals surface area contributed by atoms with Crippen LogP contribution in [0, 0.1) is 5.92 Å². The first kappa shape index (κ1) is 12.6. The third kappa shape index (κ3) is 4.30. The third-order valence-corrected chi connectivity index (χ3v) is 3.07. The first-order valence-corrected chi connectivity index (χ1v) is 6.03. The van der Waals surface area contributed by atoms with Gasteiger partial charge in [-0.05, 0) is 17.4 Å². The van der Waals surface area contributed by atoms with Crippen LogP contribution in [0.15, 0.2) is 17.5 Å². The molecule has 0 saturated heterocycles. The molecule has 1 N–H and O–H groups in total. The molecule has 0 saturated carbocycles. The summed E-state index contributed by atoms with van der Waals surface area (Å²) in [6, 6.07) is 4.45. The molecule has 0 aromatic carbocycles. The van der Waals surface area contributed by atoms with Crippen molar-refractivity contribution in [1.29, 1.82) is 0 Å². The van der Waals surface area contributed by atoms with Crippen LogP contribution in [0.5, 0.6) is 0 Å². The Hall–Kier alpha value is -0.420. The molecule has 1 unspecified atom stereocenters. The van der Waals surface area contributed by atoms with Crippen molar-refractivity contribution in [3.8, 4) is 0 Å². The highest BCUT2D eigenvalue weighted by atomic mass is 32.1. The van der Waals surface area contributed by atoms with Gasteiger partial charge in [0.25, 0.3) is 0 Å². The standard InChI is InChI=1S/C11H19NO2S/c1-9(2)11(10-5-4-8-15-10)12-14-7-6-13-3/h4-5,8-9,11-12H,6-7H2,1-3H3. The molecule has 0 bridgehead atoms. The van der Waals surface area contributed by atoms with Crippen LogP contribution in [0.3, 0.4) is 0 Å². The Labute approximate surface area is 95.4 Å². The first-order chi connectivity index (χ1) is 7.25. The third-order valence-electron chi connectivity index (χ3n) is 2.12. The fourth-order valence-electron chi connectivity index (χ4n) is 1.26. The van der Waals surface area contributed by atoms with E-state index in [0.29, 0.717) is 19.1 Å². The van der Waals surface area contributed by atoms with E-state index in [-0.39, 0.29) is 6.04 Å². The van der Waals surface area contributed by atoms with Crippen molar-refractivity contribution in [3.63, 3.8) is 0 Å². The van der Waals surface area contributed by atoms with Gasteiger partial charge >= 0.3 is 0 Å². The Kier molecular flexibility index (Phi) is 5.86. The summed E-state index contributed by atoms with van der Waals surface area (Å²) in [5, 5.41) is 2.08. The van der Waals surface area contributed by atoms with Gasteiger partial charge in [0.2, 0.25) is 0 Å². The topological polar surface area (TPSA) is 30.5 Å². The van der Waals surface area contributed by atoms with E-state index < -0.39 is 0 Å². The van der Waals surface area contributed by atoms with E-state index in [1.54, 1.807) is 18.4 Å². The Morgan fingerprint density at radius 3 is 2.73 bits per heavy atom. The SMILES string of the molecule is COCCONC(c1cccs1)C(C)C. The quantitative estimate of drug-likeness (QED) is 0.576. The van der Waals surface area contributed by atoms with Crippen LogP contribution < -0.4 is 5.48 Å². The van der Waals surface area contributed by atoms with Gasteiger partial charge in [-0.2, -0.15) is 5.48 Å². The zero-order chi connectivity index (χ0) is 11.1. The number of hydroxylamine groups is 1. The number of hydrogen-bond donors (Lipinski definition) is 1. The predicted octanol–water partition coefficient (Wildman–Crippen LogP) is 2.61. The molecule has 0 aliphatic carbocycles. The molecule has 1 heterocycles. The van der Waals surface area contributed by atoms with Gasteiger partial charge in [0.15, 0.2) is 0 Å². The minimum absolute atomic E-state index is 0.266. The van der Waals surface area contributed by atoms with Crippen molar-refractivity contribution in [2.45, 2.75) is 19.9 Å². The van der Waals surface area contributed by atoms with E-state index >= 15 is 0 Å². The summed E-state index contributed by atoms with van der Waals surface area (Å²) in [4.78, 5) is 6.66. The number of ether oxygens (including phenoxy) is 1. The zero-order valence-electron chi connectivity index (χ0n) is 9.53. The largest absolute Gasteiger partial charge is 0.382 e. The Balaban J connectivity index is 2.39. The summed E-state index contributed by atoms with van der Waals surface area (Å²) in [5.41, 5.74) is 3.09. The lowest BCUT2D eigenvalue weighted by Crippen LogP contribution is -2.26. The Morgan fingerprint density at radius 2 is 2.20 bits per heavy atom. The van der Waals surface area contributed by atoms with Crippen LogP contribution in [0.25, 0.3) is 0 Å². The molecule has 0 fully saturated rings. The molecule has 0 spiro atoms. The number of methoxy groups -OCH3 is 1. The highest BCUT2D eigenvalue weighted by molar-refractivity contribution is 7.10. The lowest BCUT2D eigenvalue weighted by atomic mass is 10.0. The molecule has 1 atom stereocenters. The van der Waals surface area contributed by atoms with Gasteiger partial charge in [0.05, 0.1) is 19.3 Å². The van der Waals surface area contributed by atoms with Crippen LogP contribution in [0.1, 0.15) is 24.8 Å². The summed E-state index contributed by atoms with van der Waals surface area (Å²) in [5.74, 6) is 0.506. The van der Waals surface area contributed by atoms with Crippen molar-refractivity contribution in [2.75, 3.05) is 20.3 Å². The van der Waals surface area contributed by atoms with Gasteiger partial charge < -0.3 is 4.74 Å². The smallest absolute Gasteiger partial charge is 0.0916 e. The van der Waals surface area contributed by atoms with E-state index in [2.05, 4.69) is 36.8 Å². The van der Waals surface area contributed by atoms with Gasteiger partial charge in [0, 0.05) is 12.0 Å². The van der Waals surface area contributed by atoms with Crippen molar-refractivity contribution >= 4 is 11.3 Å². The molecule has 86 valence electrons. The number of thiophene rings is 1. The highest BCUT2D eigenvalue weighted by Crippen LogP contribution is 2.25. The average molecular weight is 229 g/mol. The minimum atomic E-state index is 0.266. The van der Waals surface area contributed by atoms with Crippen molar-refractivity contribution in [1.82, 2.24) is 5.48 Å². The van der Waals surface area contributed by atoms with Gasteiger partial charge in [-0.1, -0.05) is 19.9 Å². The second-order valence-corrected chi connectivity index (χ2v) is 4.68. The van der Waals surface area contributed by atoms with Crippen molar-refractivity contribution in [2.24, 2.45) is 5.92 Å². The zero-order valence-corrected chi connectivity index (χ0v) is 10.3. The molecule has 1 aromatic rings. The molecule has 0 aliphatic rings. The summed E-state index contributed by atoms with van der Waals surface area (Å²) >= 11 is 1.75. The predicted molar refractivity (Wildman–Crippen MR) is 62.9 cm³/mol. The maximum atomic E-state index is 5.35. The van der Waals surface area contributed by atoms with Crippen LogP contribution in [-0.2, 0) is 9.57 Å². The first-order valence-electron chi connectivity index (χ1n) is 5.15. The van der Waals surface area contributed by atoms with Crippen molar-refractivity contribution < 1.29 is 9.57 Å². The van der Waals surface area contributed by atoms with Crippen LogP contribution in [0.2, 0.25) is 0 Å². The maximum absolute atomic E-state index is 5.35. The highest BCUT2D eigenvalue weighted by Gasteiger charge is 2.16. The molecule has 15 heavy (non-hydrogen) atoms. The molecule has 0 aliphatic heterocycles. The van der Waals surface area contributed by atoms with E-state index in [0.717, 1.165) is 0 Å². The van der Waals surface area contributed by atoms with E-state index in [9.17, 15) is 0 Å². The number of nitrogens with one attached hydrogen (secondary N) is 1. The van der Waals surface area contributed by atoms with E-state index in [1.165, 1.54) is 4.88 Å². The lowest BCUT2D eigenvalue weighted by Gasteiger charge is -2.20. The maximum Gasteiger partial charge on any atom is 0.0916 e. The lowest BCUT2D eigenvalue weighted by molar-refractivity contribution is -0.0201. The Morgan fingerprint density at radius 1 is 1.40 bits per heavy atom. The molecule has 0 radical (unpaired) electrons. The summed E-state index contributed by atoms with van der Waals surface area (Å²) in [6.07, 6.45) is 0. The second-order valence-electron chi connectivity index (χ2n) is 3.70. The van der Waals surface area contributed by atoms with Gasteiger partial charge in [-0.25, -0.2) is 0 Å². The molecule has 3 nitrogen and oxygen atoms in total. The molecule has 1 aromatic heterocycles. The fraction of sp³-hybridized carbons (Fsp3) is 0.636. The summed E-state index contributed by atoms with van der Waals surface area (Å²) in [6.45, 7) is 5.54. The molecular weight excluding hydrogens is 210 g/mol. The summed E-state index contributed by atoms with van der Waals surface area (Å²) in [7, 11) is 1.67. The van der Waals surface area contributed by atoms with Gasteiger partial charge in [0.1, 0.15) is 0 Å². The monoisotopic (exact) mass is 229 g/mol. The molecule has 4 heteroatoms. The second kappa shape index (κ2) is 6.95. The molecule has 0 amide bonds. The van der Waals surface area contributed by atoms with E-state index in [4.69, 9.17) is 9.57 Å². The Bertz CT molecular complexity index is 249. The van der Waals surface area contributed by atoms with Gasteiger partial charge in [-0.15, -0.1) is 11.3 Å². The van der Waals surface area contributed by atoms with Crippen LogP contribution >= 0.6 is 11.3 Å². The number of rotatable bonds is 7. The summed E-state index contributed by atoms with van der Waals surface area (Å²) < 4.78 is 4.91. The van der Waals surface area contributed by atoms with E-state index in [1.807, 2.05) is 0 Å². The molecule has 1 rings (SSSR count).